The molecule has 228 valence electrons. The lowest BCUT2D eigenvalue weighted by Gasteiger charge is -2.24. The molecule has 44 heavy (non-hydrogen) atoms. The van der Waals surface area contributed by atoms with Gasteiger partial charge in [0, 0.05) is 24.2 Å². The maximum Gasteiger partial charge on any atom is 0.305 e. The molecule has 0 bridgehead atoms. The van der Waals surface area contributed by atoms with Gasteiger partial charge in [-0.3, -0.25) is 14.4 Å². The van der Waals surface area contributed by atoms with E-state index in [1.54, 1.807) is 44.6 Å². The minimum absolute atomic E-state index is 0.0188. The normalized spacial score (nSPS) is 11.4. The first-order valence-corrected chi connectivity index (χ1v) is 14.5. The van der Waals surface area contributed by atoms with Crippen molar-refractivity contribution >= 4 is 17.8 Å². The fourth-order valence-corrected chi connectivity index (χ4v) is 5.16. The Labute approximate surface area is 258 Å². The SMILES string of the molecule is COc1cccc(CCN(CCC(=O)O)C(=O)c2ccccc2-c2ccccc2C(=O)N[C@H](C)c2ccc(C)cc2)c1OC. The number of aliphatic carboxylic acids is 1. The molecule has 8 nitrogen and oxygen atoms in total. The third-order valence-corrected chi connectivity index (χ3v) is 7.56. The standard InChI is InChI=1S/C36H38N2O6/c1-24-16-18-26(19-17-24)25(2)37-35(41)30-13-7-5-11-28(30)29-12-6-8-14-31(29)36(42)38(23-21-33(39)40)22-20-27-10-9-15-32(43-3)34(27)44-4/h5-19,25H,20-23H2,1-4H3,(H,37,41)(H,39,40)/t25-/m1/s1. The molecule has 0 aliphatic rings. The van der Waals surface area contributed by atoms with Gasteiger partial charge in [0.05, 0.1) is 26.7 Å². The lowest BCUT2D eigenvalue weighted by molar-refractivity contribution is -0.137. The first-order valence-electron chi connectivity index (χ1n) is 14.5. The van der Waals surface area contributed by atoms with Gasteiger partial charge in [0.2, 0.25) is 0 Å². The third kappa shape index (κ3) is 7.64. The minimum Gasteiger partial charge on any atom is -0.493 e. The van der Waals surface area contributed by atoms with E-state index in [-0.39, 0.29) is 37.4 Å². The smallest absolute Gasteiger partial charge is 0.305 e. The Hall–Kier alpha value is -5.11. The van der Waals surface area contributed by atoms with Crippen molar-refractivity contribution in [2.45, 2.75) is 32.7 Å². The molecule has 0 saturated carbocycles. The highest BCUT2D eigenvalue weighted by Crippen LogP contribution is 2.32. The average Bonchev–Trinajstić information content (AvgIpc) is 3.04. The first kappa shape index (κ1) is 31.8. The summed E-state index contributed by atoms with van der Waals surface area (Å²) >= 11 is 0. The van der Waals surface area contributed by atoms with Gasteiger partial charge in [-0.25, -0.2) is 0 Å². The summed E-state index contributed by atoms with van der Waals surface area (Å²) in [5.41, 5.74) is 4.96. The summed E-state index contributed by atoms with van der Waals surface area (Å²) in [5.74, 6) is -0.443. The number of nitrogens with one attached hydrogen (secondary N) is 1. The van der Waals surface area contributed by atoms with Crippen LogP contribution in [0.15, 0.2) is 91.0 Å². The van der Waals surface area contributed by atoms with Crippen molar-refractivity contribution in [3.8, 4) is 22.6 Å². The fourth-order valence-electron chi connectivity index (χ4n) is 5.16. The van der Waals surface area contributed by atoms with Crippen LogP contribution in [0.4, 0.5) is 0 Å². The van der Waals surface area contributed by atoms with Gasteiger partial charge in [-0.15, -0.1) is 0 Å². The number of nitrogens with zero attached hydrogens (tertiary/aromatic N) is 1. The summed E-state index contributed by atoms with van der Waals surface area (Å²) < 4.78 is 11.0. The molecule has 8 heteroatoms. The van der Waals surface area contributed by atoms with Crippen molar-refractivity contribution < 1.29 is 29.0 Å². The maximum absolute atomic E-state index is 14.1. The van der Waals surface area contributed by atoms with Crippen LogP contribution in [-0.4, -0.2) is 55.1 Å². The number of hydrogen-bond donors (Lipinski definition) is 2. The van der Waals surface area contributed by atoms with E-state index in [1.807, 2.05) is 74.5 Å². The predicted octanol–water partition coefficient (Wildman–Crippen LogP) is 6.33. The molecule has 0 aliphatic carbocycles. The fraction of sp³-hybridized carbons (Fsp3) is 0.250. The number of carboxylic acids is 1. The number of methoxy groups -OCH3 is 2. The van der Waals surface area contributed by atoms with Gasteiger partial charge in [-0.1, -0.05) is 78.4 Å². The van der Waals surface area contributed by atoms with Crippen LogP contribution in [0, 0.1) is 6.92 Å². The van der Waals surface area contributed by atoms with Crippen molar-refractivity contribution in [2.75, 3.05) is 27.3 Å². The van der Waals surface area contributed by atoms with Crippen molar-refractivity contribution in [3.63, 3.8) is 0 Å². The Kier molecular flexibility index (Phi) is 10.8. The van der Waals surface area contributed by atoms with Crippen LogP contribution in [0.25, 0.3) is 11.1 Å². The molecule has 0 spiro atoms. The Morgan fingerprint density at radius 3 is 2.07 bits per heavy atom. The molecule has 0 aromatic heterocycles. The molecule has 1 atom stereocenters. The van der Waals surface area contributed by atoms with Gasteiger partial charge < -0.3 is 24.8 Å². The lowest BCUT2D eigenvalue weighted by Crippen LogP contribution is -2.35. The Balaban J connectivity index is 1.64. The van der Waals surface area contributed by atoms with Crippen LogP contribution in [0.2, 0.25) is 0 Å². The second kappa shape index (κ2) is 14.9. The van der Waals surface area contributed by atoms with Crippen molar-refractivity contribution in [3.05, 3.63) is 119 Å². The number of rotatable bonds is 13. The van der Waals surface area contributed by atoms with E-state index in [2.05, 4.69) is 5.32 Å². The number of carbonyl (C=O) groups is 3. The topological polar surface area (TPSA) is 105 Å². The monoisotopic (exact) mass is 594 g/mol. The Bertz CT molecular complexity index is 1620. The number of para-hydroxylation sites is 1. The third-order valence-electron chi connectivity index (χ3n) is 7.56. The highest BCUT2D eigenvalue weighted by molar-refractivity contribution is 6.06. The van der Waals surface area contributed by atoms with E-state index >= 15 is 0 Å². The molecule has 0 unspecified atom stereocenters. The predicted molar refractivity (Wildman–Crippen MR) is 170 cm³/mol. The van der Waals surface area contributed by atoms with Crippen LogP contribution in [0.5, 0.6) is 11.5 Å². The van der Waals surface area contributed by atoms with Gasteiger partial charge in [-0.2, -0.15) is 0 Å². The van der Waals surface area contributed by atoms with Gasteiger partial charge in [-0.05, 0) is 60.7 Å². The lowest BCUT2D eigenvalue weighted by atomic mass is 9.94. The van der Waals surface area contributed by atoms with Crippen LogP contribution in [-0.2, 0) is 11.2 Å². The number of hydrogen-bond acceptors (Lipinski definition) is 5. The molecule has 4 aromatic rings. The van der Waals surface area contributed by atoms with Crippen molar-refractivity contribution in [1.82, 2.24) is 10.2 Å². The van der Waals surface area contributed by atoms with Crippen LogP contribution in [0.3, 0.4) is 0 Å². The molecule has 0 aliphatic heterocycles. The molecule has 2 N–H and O–H groups in total. The van der Waals surface area contributed by atoms with E-state index in [1.165, 1.54) is 4.90 Å². The zero-order chi connectivity index (χ0) is 31.6. The average molecular weight is 595 g/mol. The van der Waals surface area contributed by atoms with Crippen molar-refractivity contribution in [2.24, 2.45) is 0 Å². The van der Waals surface area contributed by atoms with Gasteiger partial charge in [0.25, 0.3) is 11.8 Å². The highest BCUT2D eigenvalue weighted by Gasteiger charge is 2.24. The second-order valence-corrected chi connectivity index (χ2v) is 10.5. The second-order valence-electron chi connectivity index (χ2n) is 10.5. The van der Waals surface area contributed by atoms with Crippen LogP contribution >= 0.6 is 0 Å². The molecule has 0 heterocycles. The summed E-state index contributed by atoms with van der Waals surface area (Å²) in [6, 6.07) is 27.6. The first-order chi connectivity index (χ1) is 21.2. The number of carbonyl (C=O) groups excluding carboxylic acids is 2. The Morgan fingerprint density at radius 1 is 0.795 bits per heavy atom. The number of ether oxygens (including phenoxy) is 2. The zero-order valence-electron chi connectivity index (χ0n) is 25.5. The number of amides is 2. The van der Waals surface area contributed by atoms with Gasteiger partial charge in [0.1, 0.15) is 0 Å². The van der Waals surface area contributed by atoms with Crippen LogP contribution < -0.4 is 14.8 Å². The highest BCUT2D eigenvalue weighted by atomic mass is 16.5. The van der Waals surface area contributed by atoms with Gasteiger partial charge >= 0.3 is 5.97 Å². The maximum atomic E-state index is 14.1. The largest absolute Gasteiger partial charge is 0.493 e. The van der Waals surface area contributed by atoms with Crippen molar-refractivity contribution in [1.29, 1.82) is 0 Å². The molecular weight excluding hydrogens is 556 g/mol. The summed E-state index contributed by atoms with van der Waals surface area (Å²) in [7, 11) is 3.11. The Morgan fingerprint density at radius 2 is 1.43 bits per heavy atom. The minimum atomic E-state index is -1.00. The molecule has 0 saturated heterocycles. The summed E-state index contributed by atoms with van der Waals surface area (Å²) in [4.78, 5) is 40.7. The van der Waals surface area contributed by atoms with E-state index in [9.17, 15) is 19.5 Å². The molecule has 0 fully saturated rings. The van der Waals surface area contributed by atoms with E-state index in [4.69, 9.17) is 9.47 Å². The summed E-state index contributed by atoms with van der Waals surface area (Å²) in [5, 5.41) is 12.5. The van der Waals surface area contributed by atoms with Crippen LogP contribution in [0.1, 0.15) is 56.8 Å². The molecule has 0 radical (unpaired) electrons. The van der Waals surface area contributed by atoms with E-state index in [0.29, 0.717) is 40.2 Å². The molecular formula is C36H38N2O6. The quantitative estimate of drug-likeness (QED) is 0.187. The summed E-state index contributed by atoms with van der Waals surface area (Å²) in [6.45, 7) is 4.21. The van der Waals surface area contributed by atoms with E-state index < -0.39 is 5.97 Å². The zero-order valence-corrected chi connectivity index (χ0v) is 25.5. The van der Waals surface area contributed by atoms with Gasteiger partial charge in [0.15, 0.2) is 11.5 Å². The number of aryl methyl sites for hydroxylation is 1. The number of carboxylic acid groups (broad SMARTS) is 1. The molecule has 4 rings (SSSR count). The summed E-state index contributed by atoms with van der Waals surface area (Å²) in [6.07, 6.45) is 0.211. The number of benzene rings is 4. The molecule has 2 amide bonds. The molecule has 4 aromatic carbocycles. The van der Waals surface area contributed by atoms with E-state index in [0.717, 1.165) is 16.7 Å².